The van der Waals surface area contributed by atoms with Crippen molar-refractivity contribution in [2.24, 2.45) is 0 Å². The van der Waals surface area contributed by atoms with Gasteiger partial charge in [-0.2, -0.15) is 0 Å². The van der Waals surface area contributed by atoms with Gasteiger partial charge in [0.2, 0.25) is 0 Å². The minimum Gasteiger partial charge on any atom is -0.507 e. The molecule has 0 spiro atoms. The number of para-hydroxylation sites is 1. The van der Waals surface area contributed by atoms with Gasteiger partial charge in [0.15, 0.2) is 0 Å². The molecule has 1 aromatic heterocycles. The van der Waals surface area contributed by atoms with E-state index in [1.54, 1.807) is 18.2 Å². The van der Waals surface area contributed by atoms with Gasteiger partial charge in [-0.25, -0.2) is 4.98 Å². The van der Waals surface area contributed by atoms with Crippen molar-refractivity contribution < 1.29 is 5.11 Å². The Labute approximate surface area is 131 Å². The van der Waals surface area contributed by atoms with Gasteiger partial charge in [-0.1, -0.05) is 29.3 Å². The predicted molar refractivity (Wildman–Crippen MR) is 85.1 cm³/mol. The molecule has 0 unspecified atom stereocenters. The predicted octanol–water partition coefficient (Wildman–Crippen LogP) is 5.05. The first kappa shape index (κ1) is 13.0. The Bertz CT molecular complexity index is 853. The van der Waals surface area contributed by atoms with Crippen molar-refractivity contribution in [3.05, 3.63) is 46.4 Å². The molecule has 1 saturated carbocycles. The standard InChI is InChI=1S/C16H12Cl2N2O/c17-9-4-7-14(21)11(8-9)16-19-13-3-1-2-12(18)15(13)20(16)10-5-6-10/h1-4,7-8,10,21H,5-6H2. The molecular formula is C16H12Cl2N2O. The zero-order chi connectivity index (χ0) is 14.6. The minimum atomic E-state index is 0.174. The third-order valence-electron chi connectivity index (χ3n) is 3.77. The lowest BCUT2D eigenvalue weighted by Gasteiger charge is -2.10. The van der Waals surface area contributed by atoms with Crippen molar-refractivity contribution in [3.8, 4) is 17.1 Å². The summed E-state index contributed by atoms with van der Waals surface area (Å²) in [5, 5.41) is 11.4. The molecule has 5 heteroatoms. The van der Waals surface area contributed by atoms with Crippen LogP contribution in [0.4, 0.5) is 0 Å². The fraction of sp³-hybridized carbons (Fsp3) is 0.188. The Balaban J connectivity index is 2.07. The Morgan fingerprint density at radius 1 is 1.14 bits per heavy atom. The molecule has 1 heterocycles. The Hall–Kier alpha value is -1.71. The SMILES string of the molecule is Oc1ccc(Cl)cc1-c1nc2cccc(Cl)c2n1C1CC1. The maximum Gasteiger partial charge on any atom is 0.145 e. The summed E-state index contributed by atoms with van der Waals surface area (Å²) in [7, 11) is 0. The van der Waals surface area contributed by atoms with Gasteiger partial charge in [0.1, 0.15) is 11.6 Å². The monoisotopic (exact) mass is 318 g/mol. The van der Waals surface area contributed by atoms with E-state index in [1.165, 1.54) is 0 Å². The molecule has 1 N–H and O–H groups in total. The topological polar surface area (TPSA) is 38.1 Å². The van der Waals surface area contributed by atoms with Crippen LogP contribution in [0.25, 0.3) is 22.4 Å². The molecule has 3 nitrogen and oxygen atoms in total. The fourth-order valence-corrected chi connectivity index (χ4v) is 3.10. The number of phenolic OH excluding ortho intramolecular Hbond substituents is 1. The molecule has 106 valence electrons. The van der Waals surface area contributed by atoms with Crippen LogP contribution < -0.4 is 0 Å². The maximum atomic E-state index is 10.2. The Morgan fingerprint density at radius 3 is 2.71 bits per heavy atom. The minimum absolute atomic E-state index is 0.174. The number of aromatic nitrogens is 2. The summed E-state index contributed by atoms with van der Waals surface area (Å²) in [6.07, 6.45) is 2.20. The molecule has 1 aliphatic carbocycles. The van der Waals surface area contributed by atoms with Crippen LogP contribution >= 0.6 is 23.2 Å². The van der Waals surface area contributed by atoms with Gasteiger partial charge in [0.05, 0.1) is 21.6 Å². The number of phenols is 1. The summed E-state index contributed by atoms with van der Waals surface area (Å²) in [5.41, 5.74) is 2.40. The highest BCUT2D eigenvalue weighted by Gasteiger charge is 2.30. The van der Waals surface area contributed by atoms with E-state index in [0.717, 1.165) is 29.7 Å². The molecular weight excluding hydrogens is 307 g/mol. The average molecular weight is 319 g/mol. The summed E-state index contributed by atoms with van der Waals surface area (Å²) in [6.45, 7) is 0. The van der Waals surface area contributed by atoms with E-state index in [9.17, 15) is 5.11 Å². The largest absolute Gasteiger partial charge is 0.507 e. The highest BCUT2D eigenvalue weighted by Crippen LogP contribution is 2.44. The van der Waals surface area contributed by atoms with Crippen LogP contribution in [0, 0.1) is 0 Å². The van der Waals surface area contributed by atoms with Crippen molar-refractivity contribution >= 4 is 34.2 Å². The molecule has 21 heavy (non-hydrogen) atoms. The smallest absolute Gasteiger partial charge is 0.145 e. The van der Waals surface area contributed by atoms with Crippen LogP contribution in [-0.2, 0) is 0 Å². The van der Waals surface area contributed by atoms with Crippen LogP contribution in [-0.4, -0.2) is 14.7 Å². The molecule has 2 aromatic carbocycles. The van der Waals surface area contributed by atoms with Crippen LogP contribution in [0.2, 0.25) is 10.0 Å². The average Bonchev–Trinajstić information content (AvgIpc) is 3.22. The van der Waals surface area contributed by atoms with Crippen LogP contribution in [0.3, 0.4) is 0 Å². The zero-order valence-corrected chi connectivity index (χ0v) is 12.6. The number of rotatable bonds is 2. The number of imidazole rings is 1. The van der Waals surface area contributed by atoms with E-state index in [-0.39, 0.29) is 5.75 Å². The Kier molecular flexibility index (Phi) is 2.88. The molecule has 3 aromatic rings. The van der Waals surface area contributed by atoms with Crippen molar-refractivity contribution in [1.29, 1.82) is 0 Å². The summed E-state index contributed by atoms with van der Waals surface area (Å²) < 4.78 is 2.13. The lowest BCUT2D eigenvalue weighted by atomic mass is 10.2. The summed E-state index contributed by atoms with van der Waals surface area (Å²) in [4.78, 5) is 4.67. The number of benzene rings is 2. The summed E-state index contributed by atoms with van der Waals surface area (Å²) in [5.74, 6) is 0.897. The number of fused-ring (bicyclic) bond motifs is 1. The van der Waals surface area contributed by atoms with Crippen molar-refractivity contribution in [2.75, 3.05) is 0 Å². The molecule has 0 bridgehead atoms. The normalized spacial score (nSPS) is 14.8. The highest BCUT2D eigenvalue weighted by atomic mass is 35.5. The number of aromatic hydroxyl groups is 1. The van der Waals surface area contributed by atoms with Crippen LogP contribution in [0.15, 0.2) is 36.4 Å². The van der Waals surface area contributed by atoms with E-state index < -0.39 is 0 Å². The number of hydrogen-bond acceptors (Lipinski definition) is 2. The Morgan fingerprint density at radius 2 is 1.95 bits per heavy atom. The number of hydrogen-bond donors (Lipinski definition) is 1. The second-order valence-corrected chi connectivity index (χ2v) is 6.15. The molecule has 0 amide bonds. The molecule has 0 atom stereocenters. The van der Waals surface area contributed by atoms with E-state index in [2.05, 4.69) is 9.55 Å². The van der Waals surface area contributed by atoms with Gasteiger partial charge in [0, 0.05) is 11.1 Å². The first-order valence-electron chi connectivity index (χ1n) is 6.80. The first-order valence-corrected chi connectivity index (χ1v) is 7.56. The van der Waals surface area contributed by atoms with Crippen molar-refractivity contribution in [2.45, 2.75) is 18.9 Å². The van der Waals surface area contributed by atoms with Gasteiger partial charge in [-0.05, 0) is 43.2 Å². The van der Waals surface area contributed by atoms with E-state index >= 15 is 0 Å². The number of halogens is 2. The van der Waals surface area contributed by atoms with Gasteiger partial charge < -0.3 is 9.67 Å². The zero-order valence-electron chi connectivity index (χ0n) is 11.1. The molecule has 4 rings (SSSR count). The first-order chi connectivity index (χ1) is 10.1. The number of nitrogens with zero attached hydrogens (tertiary/aromatic N) is 2. The lowest BCUT2D eigenvalue weighted by Crippen LogP contribution is -1.98. The second-order valence-electron chi connectivity index (χ2n) is 5.31. The third-order valence-corrected chi connectivity index (χ3v) is 4.31. The maximum absolute atomic E-state index is 10.2. The molecule has 0 aliphatic heterocycles. The van der Waals surface area contributed by atoms with E-state index in [1.807, 2.05) is 18.2 Å². The molecule has 0 radical (unpaired) electrons. The molecule has 1 aliphatic rings. The fourth-order valence-electron chi connectivity index (χ4n) is 2.67. The highest BCUT2D eigenvalue weighted by molar-refractivity contribution is 6.35. The summed E-state index contributed by atoms with van der Waals surface area (Å²) >= 11 is 12.4. The quantitative estimate of drug-likeness (QED) is 0.718. The van der Waals surface area contributed by atoms with Gasteiger partial charge >= 0.3 is 0 Å². The lowest BCUT2D eigenvalue weighted by molar-refractivity contribution is 0.476. The second kappa shape index (κ2) is 4.65. The van der Waals surface area contributed by atoms with Crippen molar-refractivity contribution in [1.82, 2.24) is 9.55 Å². The van der Waals surface area contributed by atoms with E-state index in [4.69, 9.17) is 23.2 Å². The van der Waals surface area contributed by atoms with Gasteiger partial charge in [-0.3, -0.25) is 0 Å². The van der Waals surface area contributed by atoms with E-state index in [0.29, 0.717) is 21.7 Å². The van der Waals surface area contributed by atoms with Gasteiger partial charge in [-0.15, -0.1) is 0 Å². The van der Waals surface area contributed by atoms with Crippen LogP contribution in [0.1, 0.15) is 18.9 Å². The third kappa shape index (κ3) is 2.08. The summed E-state index contributed by atoms with van der Waals surface area (Å²) in [6, 6.07) is 11.1. The van der Waals surface area contributed by atoms with Crippen molar-refractivity contribution in [3.63, 3.8) is 0 Å². The van der Waals surface area contributed by atoms with Crippen LogP contribution in [0.5, 0.6) is 5.75 Å². The molecule has 1 fully saturated rings. The molecule has 0 saturated heterocycles. The van der Waals surface area contributed by atoms with Gasteiger partial charge in [0.25, 0.3) is 0 Å².